The lowest BCUT2D eigenvalue weighted by atomic mass is 9.85. The smallest absolute Gasteiger partial charge is 0.227 e. The van der Waals surface area contributed by atoms with Crippen molar-refractivity contribution in [1.82, 2.24) is 9.21 Å². The summed E-state index contributed by atoms with van der Waals surface area (Å²) in [6, 6.07) is 9.00. The summed E-state index contributed by atoms with van der Waals surface area (Å²) in [6.45, 7) is 0.882. The van der Waals surface area contributed by atoms with Crippen LogP contribution >= 0.6 is 0 Å². The maximum absolute atomic E-state index is 13.5. The van der Waals surface area contributed by atoms with Gasteiger partial charge in [-0.05, 0) is 56.1 Å². The van der Waals surface area contributed by atoms with Gasteiger partial charge in [-0.3, -0.25) is 4.79 Å². The van der Waals surface area contributed by atoms with E-state index in [4.69, 9.17) is 0 Å². The molecule has 1 saturated heterocycles. The van der Waals surface area contributed by atoms with Crippen molar-refractivity contribution in [2.24, 2.45) is 5.92 Å². The van der Waals surface area contributed by atoms with Crippen LogP contribution in [0, 0.1) is 5.92 Å². The summed E-state index contributed by atoms with van der Waals surface area (Å²) in [5, 5.41) is 0. The SMILES string of the molecule is CS(=O)(=O)N1CCCC(C(=O)N(C2CC2)C2CCCc3ccccc32)C1. The average Bonchev–Trinajstić information content (AvgIpc) is 3.46. The number of fused-ring (bicyclic) bond motifs is 1. The Kier molecular flexibility index (Phi) is 4.82. The van der Waals surface area contributed by atoms with Crippen LogP contribution in [0.15, 0.2) is 24.3 Å². The molecular weight excluding hydrogens is 348 g/mol. The normalized spacial score (nSPS) is 27.0. The molecule has 2 unspecified atom stereocenters. The molecule has 5 nitrogen and oxygen atoms in total. The zero-order valence-electron chi connectivity index (χ0n) is 15.4. The summed E-state index contributed by atoms with van der Waals surface area (Å²) < 4.78 is 25.4. The summed E-state index contributed by atoms with van der Waals surface area (Å²) in [7, 11) is -3.23. The van der Waals surface area contributed by atoms with Crippen LogP contribution in [0.5, 0.6) is 0 Å². The molecule has 2 fully saturated rings. The molecule has 1 heterocycles. The highest BCUT2D eigenvalue weighted by Gasteiger charge is 2.43. The van der Waals surface area contributed by atoms with Gasteiger partial charge in [0, 0.05) is 19.1 Å². The number of carbonyl (C=O) groups is 1. The Morgan fingerprint density at radius 2 is 1.88 bits per heavy atom. The Morgan fingerprint density at radius 1 is 1.12 bits per heavy atom. The Labute approximate surface area is 156 Å². The molecule has 4 rings (SSSR count). The molecule has 0 spiro atoms. The molecule has 0 radical (unpaired) electrons. The molecule has 3 aliphatic rings. The number of aryl methyl sites for hydroxylation is 1. The number of hydrogen-bond donors (Lipinski definition) is 0. The van der Waals surface area contributed by atoms with E-state index in [-0.39, 0.29) is 17.9 Å². The highest BCUT2D eigenvalue weighted by molar-refractivity contribution is 7.88. The van der Waals surface area contributed by atoms with Crippen molar-refractivity contribution < 1.29 is 13.2 Å². The van der Waals surface area contributed by atoms with Crippen molar-refractivity contribution in [3.05, 3.63) is 35.4 Å². The van der Waals surface area contributed by atoms with Crippen LogP contribution < -0.4 is 0 Å². The zero-order valence-corrected chi connectivity index (χ0v) is 16.2. The third-order valence-corrected chi connectivity index (χ3v) is 7.34. The van der Waals surface area contributed by atoms with Crippen molar-refractivity contribution in [2.45, 2.75) is 57.0 Å². The number of nitrogens with zero attached hydrogens (tertiary/aromatic N) is 2. The van der Waals surface area contributed by atoms with Crippen LogP contribution in [-0.4, -0.2) is 48.9 Å². The average molecular weight is 377 g/mol. The van der Waals surface area contributed by atoms with Crippen LogP contribution in [-0.2, 0) is 21.2 Å². The molecule has 1 saturated carbocycles. The van der Waals surface area contributed by atoms with E-state index in [9.17, 15) is 13.2 Å². The van der Waals surface area contributed by atoms with Gasteiger partial charge in [0.15, 0.2) is 0 Å². The number of rotatable bonds is 4. The summed E-state index contributed by atoms with van der Waals surface area (Å²) in [6.07, 6.45) is 8.17. The number of carbonyl (C=O) groups excluding carboxylic acids is 1. The number of sulfonamides is 1. The lowest BCUT2D eigenvalue weighted by Crippen LogP contribution is -2.48. The second-order valence-corrected chi connectivity index (χ2v) is 10.0. The maximum Gasteiger partial charge on any atom is 0.227 e. The highest BCUT2D eigenvalue weighted by Crippen LogP contribution is 2.42. The number of piperidine rings is 1. The molecule has 0 aromatic heterocycles. The lowest BCUT2D eigenvalue weighted by molar-refractivity contribution is -0.140. The molecule has 1 amide bonds. The monoisotopic (exact) mass is 376 g/mol. The fraction of sp³-hybridized carbons (Fsp3) is 0.650. The summed E-state index contributed by atoms with van der Waals surface area (Å²) in [5.41, 5.74) is 2.67. The van der Waals surface area contributed by atoms with Gasteiger partial charge in [0.05, 0.1) is 18.2 Å². The van der Waals surface area contributed by atoms with E-state index in [0.717, 1.165) is 44.9 Å². The standard InChI is InChI=1S/C20H28N2O3S/c1-26(24,25)21-13-5-8-16(14-21)20(23)22(17-11-12-17)19-10-4-7-15-6-2-3-9-18(15)19/h2-3,6,9,16-17,19H,4-5,7-8,10-14H2,1H3. The molecular formula is C20H28N2O3S. The summed E-state index contributed by atoms with van der Waals surface area (Å²) >= 11 is 0. The molecule has 0 N–H and O–H groups in total. The van der Waals surface area contributed by atoms with Crippen LogP contribution in [0.2, 0.25) is 0 Å². The maximum atomic E-state index is 13.5. The first-order valence-corrected chi connectivity index (χ1v) is 11.6. The van der Waals surface area contributed by atoms with Crippen LogP contribution in [0.3, 0.4) is 0 Å². The molecule has 26 heavy (non-hydrogen) atoms. The van der Waals surface area contributed by atoms with Gasteiger partial charge in [-0.2, -0.15) is 0 Å². The summed E-state index contributed by atoms with van der Waals surface area (Å²) in [4.78, 5) is 15.6. The van der Waals surface area contributed by atoms with Gasteiger partial charge in [-0.25, -0.2) is 12.7 Å². The quantitative estimate of drug-likeness (QED) is 0.812. The van der Waals surface area contributed by atoms with Crippen molar-refractivity contribution in [1.29, 1.82) is 0 Å². The van der Waals surface area contributed by atoms with Crippen molar-refractivity contribution >= 4 is 15.9 Å². The van der Waals surface area contributed by atoms with Gasteiger partial charge < -0.3 is 4.90 Å². The van der Waals surface area contributed by atoms with E-state index in [1.807, 2.05) is 0 Å². The highest BCUT2D eigenvalue weighted by atomic mass is 32.2. The second kappa shape index (κ2) is 6.97. The van der Waals surface area contributed by atoms with E-state index in [1.54, 1.807) is 0 Å². The third-order valence-electron chi connectivity index (χ3n) is 6.07. The molecule has 142 valence electrons. The Hall–Kier alpha value is -1.40. The number of amides is 1. The fourth-order valence-corrected chi connectivity index (χ4v) is 5.53. The fourth-order valence-electron chi connectivity index (χ4n) is 4.61. The Bertz CT molecular complexity index is 788. The zero-order chi connectivity index (χ0) is 18.3. The first-order valence-electron chi connectivity index (χ1n) is 9.80. The number of hydrogen-bond acceptors (Lipinski definition) is 3. The molecule has 0 bridgehead atoms. The molecule has 2 atom stereocenters. The van der Waals surface area contributed by atoms with Gasteiger partial charge >= 0.3 is 0 Å². The predicted molar refractivity (Wildman–Crippen MR) is 101 cm³/mol. The topological polar surface area (TPSA) is 57.7 Å². The molecule has 6 heteroatoms. The number of benzene rings is 1. The minimum atomic E-state index is -3.23. The van der Waals surface area contributed by atoms with Gasteiger partial charge in [-0.15, -0.1) is 0 Å². The van der Waals surface area contributed by atoms with Gasteiger partial charge in [-0.1, -0.05) is 24.3 Å². The molecule has 2 aliphatic carbocycles. The van der Waals surface area contributed by atoms with E-state index in [0.29, 0.717) is 19.1 Å². The Balaban J connectivity index is 1.59. The van der Waals surface area contributed by atoms with Gasteiger partial charge in [0.1, 0.15) is 0 Å². The van der Waals surface area contributed by atoms with Crippen LogP contribution in [0.4, 0.5) is 0 Å². The minimum absolute atomic E-state index is 0.161. The second-order valence-electron chi connectivity index (χ2n) is 8.04. The van der Waals surface area contributed by atoms with E-state index in [1.165, 1.54) is 21.7 Å². The van der Waals surface area contributed by atoms with Gasteiger partial charge in [0.25, 0.3) is 0 Å². The Morgan fingerprint density at radius 3 is 2.62 bits per heavy atom. The summed E-state index contributed by atoms with van der Waals surface area (Å²) in [5.74, 6) is -0.0317. The van der Waals surface area contributed by atoms with E-state index >= 15 is 0 Å². The lowest BCUT2D eigenvalue weighted by Gasteiger charge is -2.40. The van der Waals surface area contributed by atoms with Gasteiger partial charge in [0.2, 0.25) is 15.9 Å². The van der Waals surface area contributed by atoms with Crippen molar-refractivity contribution in [3.63, 3.8) is 0 Å². The van der Waals surface area contributed by atoms with Crippen LogP contribution in [0.25, 0.3) is 0 Å². The first kappa shape index (κ1) is 18.0. The van der Waals surface area contributed by atoms with E-state index < -0.39 is 10.0 Å². The van der Waals surface area contributed by atoms with Crippen molar-refractivity contribution in [2.75, 3.05) is 19.3 Å². The van der Waals surface area contributed by atoms with Crippen LogP contribution in [0.1, 0.15) is 55.7 Å². The molecule has 1 aliphatic heterocycles. The first-order chi connectivity index (χ1) is 12.4. The predicted octanol–water partition coefficient (Wildman–Crippen LogP) is 2.73. The molecule has 1 aromatic carbocycles. The largest absolute Gasteiger partial charge is 0.332 e. The molecule has 1 aromatic rings. The van der Waals surface area contributed by atoms with Crippen molar-refractivity contribution in [3.8, 4) is 0 Å². The third kappa shape index (κ3) is 3.54. The minimum Gasteiger partial charge on any atom is -0.332 e. The van der Waals surface area contributed by atoms with E-state index in [2.05, 4.69) is 29.2 Å².